The third-order valence-corrected chi connectivity index (χ3v) is 13.8. The van der Waals surface area contributed by atoms with Crippen LogP contribution in [0.4, 0.5) is 9.59 Å². The van der Waals surface area contributed by atoms with Gasteiger partial charge in [0.25, 0.3) is 0 Å². The second-order valence-electron chi connectivity index (χ2n) is 17.9. The highest BCUT2D eigenvalue weighted by atomic mass is 32.1. The number of hydrogen-bond acceptors (Lipinski definition) is 14. The van der Waals surface area contributed by atoms with Crippen molar-refractivity contribution >= 4 is 46.8 Å². The minimum Gasteiger partial charge on any atom is -0.458 e. The van der Waals surface area contributed by atoms with Crippen LogP contribution in [0, 0.1) is 23.7 Å². The van der Waals surface area contributed by atoms with Gasteiger partial charge < -0.3 is 39.0 Å². The predicted octanol–water partition coefficient (Wildman–Crippen LogP) is 5.65. The van der Waals surface area contributed by atoms with Crippen LogP contribution in [-0.4, -0.2) is 132 Å². The zero-order valence-electron chi connectivity index (χ0n) is 36.9. The summed E-state index contributed by atoms with van der Waals surface area (Å²) in [6.07, 6.45) is -6.25. The molecular weight excluding hydrogens is 805 g/mol. The summed E-state index contributed by atoms with van der Waals surface area (Å²) < 4.78 is 31.5. The van der Waals surface area contributed by atoms with Gasteiger partial charge in [0.15, 0.2) is 17.7 Å². The van der Waals surface area contributed by atoms with Crippen molar-refractivity contribution in [1.29, 1.82) is 0 Å². The number of aliphatic imine (C=N–C) groups is 1. The summed E-state index contributed by atoms with van der Waals surface area (Å²) in [5.41, 5.74) is 0.104. The van der Waals surface area contributed by atoms with Gasteiger partial charge >= 0.3 is 18.2 Å². The standard InChI is InChI=1S/C45H62N4O11S/c1-11-34-45(8)38-26(4)35(50)24(2)19-44(7,39(27(5)36(51)28(6)40(53)57-34)58-41-37(52)33(48(9)10)17-25(3)56-41)59-42(54)47-21-32(22-49(38)43(55)60-45)46-20-29-13-12-14-30(18-29)31-15-16-61-23-31/h12-16,18,23-28,33-34,37-39,41,52H,11,17,19-22H2,1-10H3,(H,47,54)/t24-,25-,26+,27+,28-,33+,34-,37-,38+,39-,41+,44-,45-/m1/s1. The van der Waals surface area contributed by atoms with E-state index in [0.29, 0.717) is 12.1 Å². The molecule has 13 atom stereocenters. The number of esters is 1. The molecule has 0 unspecified atom stereocenters. The second kappa shape index (κ2) is 18.6. The molecule has 4 aliphatic heterocycles. The van der Waals surface area contributed by atoms with E-state index in [9.17, 15) is 29.1 Å². The summed E-state index contributed by atoms with van der Waals surface area (Å²) in [7, 11) is 3.67. The molecule has 0 saturated carbocycles. The smallest absolute Gasteiger partial charge is 0.411 e. The molecule has 2 bridgehead atoms. The number of nitrogens with zero attached hydrogens (tertiary/aromatic N) is 3. The lowest BCUT2D eigenvalue weighted by molar-refractivity contribution is -0.292. The zero-order valence-corrected chi connectivity index (χ0v) is 37.7. The molecule has 2 N–H and O–H groups in total. The Morgan fingerprint density at radius 2 is 1.74 bits per heavy atom. The summed E-state index contributed by atoms with van der Waals surface area (Å²) in [6, 6.07) is 8.64. The first-order valence-electron chi connectivity index (χ1n) is 21.3. The minimum absolute atomic E-state index is 0.128. The molecule has 1 aromatic carbocycles. The van der Waals surface area contributed by atoms with E-state index in [-0.39, 0.29) is 50.4 Å². The van der Waals surface area contributed by atoms with Crippen LogP contribution in [0.2, 0.25) is 0 Å². The van der Waals surface area contributed by atoms with Crippen LogP contribution in [0.3, 0.4) is 0 Å². The van der Waals surface area contributed by atoms with Crippen molar-refractivity contribution in [2.45, 2.75) is 135 Å². The molecule has 334 valence electrons. The molecule has 4 fully saturated rings. The maximum absolute atomic E-state index is 14.9. The first-order valence-corrected chi connectivity index (χ1v) is 22.3. The SMILES string of the molecule is CC[C@H]1OC(=O)[C@H](C)C(=O)[C@H](C)[C@@H](O[C@@H]2O[C@H](C)C[C@H](N(C)C)[C@H]2O)[C@@]2(C)C[C@@H](C)C(=O)[C@H](C)[C@@H]3N(CC(=NCc4cccc(-c5ccsc5)c4)CNC(=O)O2)C(=O)O[C@@]31C. The van der Waals surface area contributed by atoms with E-state index in [1.54, 1.807) is 52.9 Å². The normalized spacial score (nSPS) is 37.4. The number of amides is 2. The Balaban J connectivity index is 1.48. The number of hydrogen-bond donors (Lipinski definition) is 2. The van der Waals surface area contributed by atoms with Gasteiger partial charge in [-0.05, 0) is 101 Å². The highest BCUT2D eigenvalue weighted by molar-refractivity contribution is 7.08. The molecule has 4 saturated heterocycles. The fraction of sp³-hybridized carbons (Fsp3) is 0.644. The Bertz CT molecular complexity index is 1980. The maximum atomic E-state index is 14.9. The molecule has 2 aromatic rings. The number of Topliss-reactive ketones (excluding diaryl/α,β-unsaturated/α-hetero) is 2. The molecule has 0 radical (unpaired) electrons. The Morgan fingerprint density at radius 1 is 1.00 bits per heavy atom. The number of benzene rings is 1. The number of likely N-dealkylation sites (N-methyl/N-ethyl adjacent to an activating group) is 1. The number of thiophene rings is 1. The number of aliphatic hydroxyl groups excluding tert-OH is 1. The fourth-order valence-corrected chi connectivity index (χ4v) is 10.5. The number of nitrogens with one attached hydrogen (secondary N) is 1. The van der Waals surface area contributed by atoms with Crippen LogP contribution < -0.4 is 5.32 Å². The minimum atomic E-state index is -1.73. The molecule has 2 amide bonds. The van der Waals surface area contributed by atoms with Crippen molar-refractivity contribution in [2.75, 3.05) is 27.2 Å². The van der Waals surface area contributed by atoms with Gasteiger partial charge in [-0.25, -0.2) is 9.59 Å². The van der Waals surface area contributed by atoms with Crippen LogP contribution >= 0.6 is 11.3 Å². The van der Waals surface area contributed by atoms with E-state index in [1.807, 2.05) is 61.6 Å². The maximum Gasteiger partial charge on any atom is 0.411 e. The third kappa shape index (κ3) is 9.58. The van der Waals surface area contributed by atoms with E-state index in [0.717, 1.165) is 16.7 Å². The largest absolute Gasteiger partial charge is 0.458 e. The average molecular weight is 867 g/mol. The molecule has 5 heterocycles. The number of carbonyl (C=O) groups excluding carboxylic acids is 5. The van der Waals surface area contributed by atoms with Gasteiger partial charge in [0, 0.05) is 23.8 Å². The van der Waals surface area contributed by atoms with E-state index < -0.39 is 89.5 Å². The van der Waals surface area contributed by atoms with Crippen LogP contribution in [0.1, 0.15) is 80.2 Å². The summed E-state index contributed by atoms with van der Waals surface area (Å²) in [5, 5.41) is 18.5. The summed E-state index contributed by atoms with van der Waals surface area (Å²) in [6.45, 7) is 13.2. The van der Waals surface area contributed by atoms with Gasteiger partial charge in [-0.15, -0.1) is 0 Å². The molecular formula is C45H62N4O11S. The lowest BCUT2D eigenvalue weighted by atomic mass is 9.73. The van der Waals surface area contributed by atoms with E-state index >= 15 is 0 Å². The molecule has 6 rings (SSSR count). The van der Waals surface area contributed by atoms with Gasteiger partial charge in [-0.2, -0.15) is 11.3 Å². The van der Waals surface area contributed by atoms with Crippen LogP contribution in [0.5, 0.6) is 0 Å². The molecule has 4 aliphatic rings. The molecule has 0 aliphatic carbocycles. The van der Waals surface area contributed by atoms with Crippen LogP contribution in [0.25, 0.3) is 11.1 Å². The topological polar surface area (TPSA) is 183 Å². The summed E-state index contributed by atoms with van der Waals surface area (Å²) in [5.74, 6) is -5.93. The third-order valence-electron chi connectivity index (χ3n) is 13.1. The molecule has 1 aromatic heterocycles. The number of ether oxygens (including phenoxy) is 5. The monoisotopic (exact) mass is 866 g/mol. The Kier molecular flexibility index (Phi) is 14.1. The summed E-state index contributed by atoms with van der Waals surface area (Å²) in [4.78, 5) is 80.0. The molecule has 0 spiro atoms. The first kappa shape index (κ1) is 46.3. The van der Waals surface area contributed by atoms with E-state index in [2.05, 4.69) is 10.7 Å². The van der Waals surface area contributed by atoms with Crippen LogP contribution in [-0.2, 0) is 44.6 Å². The quantitative estimate of drug-likeness (QED) is 0.199. The lowest BCUT2D eigenvalue weighted by Gasteiger charge is -2.47. The number of carbonyl (C=O) groups is 5. The van der Waals surface area contributed by atoms with Crippen LogP contribution in [0.15, 0.2) is 46.1 Å². The first-order chi connectivity index (χ1) is 28.8. The van der Waals surface area contributed by atoms with Crippen molar-refractivity contribution in [1.82, 2.24) is 15.1 Å². The zero-order chi connectivity index (χ0) is 44.6. The highest BCUT2D eigenvalue weighted by Crippen LogP contribution is 2.43. The van der Waals surface area contributed by atoms with Crippen molar-refractivity contribution in [3.63, 3.8) is 0 Å². The number of rotatable bonds is 7. The molecule has 16 heteroatoms. The van der Waals surface area contributed by atoms with Gasteiger partial charge in [-0.1, -0.05) is 45.9 Å². The molecule has 61 heavy (non-hydrogen) atoms. The van der Waals surface area contributed by atoms with Gasteiger partial charge in [0.1, 0.15) is 35.6 Å². The van der Waals surface area contributed by atoms with Crippen molar-refractivity contribution < 1.29 is 52.8 Å². The van der Waals surface area contributed by atoms with Gasteiger partial charge in [-0.3, -0.25) is 24.3 Å². The summed E-state index contributed by atoms with van der Waals surface area (Å²) >= 11 is 1.60. The number of aliphatic hydroxyl groups is 1. The predicted molar refractivity (Wildman–Crippen MR) is 228 cm³/mol. The van der Waals surface area contributed by atoms with Crippen molar-refractivity contribution in [2.24, 2.45) is 28.7 Å². The Labute approximate surface area is 362 Å². The number of alkyl carbamates (subject to hydrolysis) is 1. The lowest BCUT2D eigenvalue weighted by Crippen LogP contribution is -2.60. The Hall–Kier alpha value is -4.22. The van der Waals surface area contributed by atoms with Gasteiger partial charge in [0.05, 0.1) is 37.5 Å². The highest BCUT2D eigenvalue weighted by Gasteiger charge is 2.61. The van der Waals surface area contributed by atoms with Crippen molar-refractivity contribution in [3.05, 3.63) is 46.7 Å². The van der Waals surface area contributed by atoms with Gasteiger partial charge in [0.2, 0.25) is 0 Å². The number of fused-ring (bicyclic) bond motifs is 4. The Morgan fingerprint density at radius 3 is 2.41 bits per heavy atom. The van der Waals surface area contributed by atoms with E-state index in [4.69, 9.17) is 28.7 Å². The average Bonchev–Trinajstić information content (AvgIpc) is 3.85. The second-order valence-corrected chi connectivity index (χ2v) is 18.7. The van der Waals surface area contributed by atoms with E-state index in [1.165, 1.54) is 11.8 Å². The number of ketones is 2. The number of cyclic esters (lactones) is 1. The fourth-order valence-electron chi connectivity index (χ4n) is 9.80. The molecule has 15 nitrogen and oxygen atoms in total. The van der Waals surface area contributed by atoms with Crippen molar-refractivity contribution in [3.8, 4) is 11.1 Å².